The lowest BCUT2D eigenvalue weighted by molar-refractivity contribution is 0.892. The van der Waals surface area contributed by atoms with E-state index in [1.165, 1.54) is 11.1 Å². The molecule has 2 aromatic heterocycles. The first-order chi connectivity index (χ1) is 9.70. The van der Waals surface area contributed by atoms with Gasteiger partial charge in [0.25, 0.3) is 0 Å². The average Bonchev–Trinajstić information content (AvgIpc) is 2.87. The smallest absolute Gasteiger partial charge is 0.168 e. The first-order valence-electron chi connectivity index (χ1n) is 6.71. The minimum atomic E-state index is 0.819. The summed E-state index contributed by atoms with van der Waals surface area (Å²) in [4.78, 5) is 8.62. The lowest BCUT2D eigenvalue weighted by Crippen LogP contribution is -2.02. The van der Waals surface area contributed by atoms with Gasteiger partial charge < -0.3 is 5.32 Å². The topological polar surface area (TPSA) is 55.6 Å². The van der Waals surface area contributed by atoms with Crippen molar-refractivity contribution in [1.29, 1.82) is 0 Å². The molecule has 0 radical (unpaired) electrons. The van der Waals surface area contributed by atoms with E-state index in [0.29, 0.717) is 0 Å². The second-order valence-corrected chi connectivity index (χ2v) is 4.81. The standard InChI is InChI=1S/C15H17N5/c1-4-16-14-13-8-19-20(15(13)18-9-17-14)12-6-5-10(2)11(3)7-12/h5-9H,4H2,1-3H3,(H,16,17,18). The number of fused-ring (bicyclic) bond motifs is 1. The van der Waals surface area contributed by atoms with Crippen molar-refractivity contribution in [3.63, 3.8) is 0 Å². The molecule has 5 nitrogen and oxygen atoms in total. The second kappa shape index (κ2) is 4.92. The van der Waals surface area contributed by atoms with Crippen molar-refractivity contribution in [3.05, 3.63) is 41.9 Å². The van der Waals surface area contributed by atoms with E-state index in [4.69, 9.17) is 0 Å². The van der Waals surface area contributed by atoms with E-state index < -0.39 is 0 Å². The van der Waals surface area contributed by atoms with Gasteiger partial charge in [0.1, 0.15) is 12.1 Å². The fourth-order valence-corrected chi connectivity index (χ4v) is 2.20. The molecule has 5 heteroatoms. The van der Waals surface area contributed by atoms with E-state index in [2.05, 4.69) is 52.4 Å². The van der Waals surface area contributed by atoms with Crippen LogP contribution in [0, 0.1) is 13.8 Å². The van der Waals surface area contributed by atoms with E-state index >= 15 is 0 Å². The average molecular weight is 267 g/mol. The summed E-state index contributed by atoms with van der Waals surface area (Å²) in [5.74, 6) is 0.826. The molecule has 1 aromatic carbocycles. The molecule has 3 rings (SSSR count). The van der Waals surface area contributed by atoms with E-state index in [0.717, 1.165) is 29.1 Å². The number of aromatic nitrogens is 4. The van der Waals surface area contributed by atoms with E-state index in [1.54, 1.807) is 6.33 Å². The van der Waals surface area contributed by atoms with Crippen LogP contribution in [0.5, 0.6) is 0 Å². The monoisotopic (exact) mass is 267 g/mol. The van der Waals surface area contributed by atoms with E-state index in [9.17, 15) is 0 Å². The minimum absolute atomic E-state index is 0.819. The third-order valence-corrected chi connectivity index (χ3v) is 3.45. The van der Waals surface area contributed by atoms with Crippen molar-refractivity contribution >= 4 is 16.9 Å². The summed E-state index contributed by atoms with van der Waals surface area (Å²) in [5.41, 5.74) is 4.35. The second-order valence-electron chi connectivity index (χ2n) is 4.81. The normalized spacial score (nSPS) is 10.9. The fraction of sp³-hybridized carbons (Fsp3) is 0.267. The van der Waals surface area contributed by atoms with Gasteiger partial charge in [0.05, 0.1) is 17.3 Å². The Labute approximate surface area is 117 Å². The molecule has 0 atom stereocenters. The van der Waals surface area contributed by atoms with Crippen LogP contribution in [0.4, 0.5) is 5.82 Å². The zero-order valence-corrected chi connectivity index (χ0v) is 11.9. The Balaban J connectivity index is 2.17. The number of nitrogens with zero attached hydrogens (tertiary/aromatic N) is 4. The molecule has 0 amide bonds. The largest absolute Gasteiger partial charge is 0.370 e. The minimum Gasteiger partial charge on any atom is -0.370 e. The Bertz CT molecular complexity index is 760. The fourth-order valence-electron chi connectivity index (χ4n) is 2.20. The van der Waals surface area contributed by atoms with Gasteiger partial charge in [0, 0.05) is 6.54 Å². The Hall–Kier alpha value is -2.43. The predicted molar refractivity (Wildman–Crippen MR) is 80.3 cm³/mol. The highest BCUT2D eigenvalue weighted by molar-refractivity contribution is 5.87. The summed E-state index contributed by atoms with van der Waals surface area (Å²) in [7, 11) is 0. The van der Waals surface area contributed by atoms with Crippen molar-refractivity contribution in [2.75, 3.05) is 11.9 Å². The highest BCUT2D eigenvalue weighted by Crippen LogP contribution is 2.22. The number of rotatable bonds is 3. The molecule has 1 N–H and O–H groups in total. The lowest BCUT2D eigenvalue weighted by Gasteiger charge is -2.07. The maximum Gasteiger partial charge on any atom is 0.168 e. The number of aryl methyl sites for hydroxylation is 2. The summed E-state index contributed by atoms with van der Waals surface area (Å²) in [6.07, 6.45) is 3.38. The van der Waals surface area contributed by atoms with Crippen molar-refractivity contribution in [2.45, 2.75) is 20.8 Å². The van der Waals surface area contributed by atoms with Gasteiger partial charge in [-0.05, 0) is 44.0 Å². The van der Waals surface area contributed by atoms with Crippen LogP contribution in [0.1, 0.15) is 18.1 Å². The highest BCUT2D eigenvalue weighted by atomic mass is 15.3. The summed E-state index contributed by atoms with van der Waals surface area (Å²) in [6, 6.07) is 6.28. The number of hydrogen-bond acceptors (Lipinski definition) is 4. The van der Waals surface area contributed by atoms with Crippen LogP contribution >= 0.6 is 0 Å². The summed E-state index contributed by atoms with van der Waals surface area (Å²) >= 11 is 0. The summed E-state index contributed by atoms with van der Waals surface area (Å²) < 4.78 is 1.85. The van der Waals surface area contributed by atoms with Gasteiger partial charge in [-0.1, -0.05) is 6.07 Å². The summed E-state index contributed by atoms with van der Waals surface area (Å²) in [5, 5.41) is 8.62. The van der Waals surface area contributed by atoms with Gasteiger partial charge in [-0.3, -0.25) is 0 Å². The molecule has 0 spiro atoms. The van der Waals surface area contributed by atoms with E-state index in [-0.39, 0.29) is 0 Å². The zero-order chi connectivity index (χ0) is 14.1. The zero-order valence-electron chi connectivity index (χ0n) is 11.9. The Morgan fingerprint density at radius 1 is 1.15 bits per heavy atom. The van der Waals surface area contributed by atoms with Gasteiger partial charge in [0.15, 0.2) is 5.65 Å². The van der Waals surface area contributed by atoms with Crippen LogP contribution in [0.25, 0.3) is 16.7 Å². The molecule has 20 heavy (non-hydrogen) atoms. The Morgan fingerprint density at radius 3 is 2.75 bits per heavy atom. The molecule has 0 unspecified atom stereocenters. The van der Waals surface area contributed by atoms with Gasteiger partial charge in [-0.2, -0.15) is 5.10 Å². The van der Waals surface area contributed by atoms with Crippen LogP contribution in [-0.2, 0) is 0 Å². The van der Waals surface area contributed by atoms with Crippen LogP contribution in [-0.4, -0.2) is 26.3 Å². The molecule has 0 saturated heterocycles. The maximum absolute atomic E-state index is 4.45. The van der Waals surface area contributed by atoms with Crippen molar-refractivity contribution in [1.82, 2.24) is 19.7 Å². The Kier molecular flexibility index (Phi) is 3.10. The first-order valence-corrected chi connectivity index (χ1v) is 6.71. The van der Waals surface area contributed by atoms with Crippen molar-refractivity contribution in [2.24, 2.45) is 0 Å². The molecule has 2 heterocycles. The molecular formula is C15H17N5. The quantitative estimate of drug-likeness (QED) is 0.792. The molecule has 0 aliphatic rings. The van der Waals surface area contributed by atoms with Gasteiger partial charge in [0.2, 0.25) is 0 Å². The summed E-state index contributed by atoms with van der Waals surface area (Å²) in [6.45, 7) is 7.07. The van der Waals surface area contributed by atoms with Crippen molar-refractivity contribution in [3.8, 4) is 5.69 Å². The third-order valence-electron chi connectivity index (χ3n) is 3.45. The molecule has 0 saturated carbocycles. The SMILES string of the molecule is CCNc1ncnc2c1cnn2-c1ccc(C)c(C)c1. The first kappa shape index (κ1) is 12.6. The predicted octanol–water partition coefficient (Wildman–Crippen LogP) is 2.86. The molecule has 102 valence electrons. The lowest BCUT2D eigenvalue weighted by atomic mass is 10.1. The van der Waals surface area contributed by atoms with Crippen molar-refractivity contribution < 1.29 is 0 Å². The number of anilines is 1. The molecule has 0 bridgehead atoms. The molecular weight excluding hydrogens is 250 g/mol. The van der Waals surface area contributed by atoms with Crippen LogP contribution in [0.3, 0.4) is 0 Å². The highest BCUT2D eigenvalue weighted by Gasteiger charge is 2.10. The molecule has 0 fully saturated rings. The third kappa shape index (κ3) is 2.01. The number of benzene rings is 1. The number of hydrogen-bond donors (Lipinski definition) is 1. The maximum atomic E-state index is 4.45. The molecule has 3 aromatic rings. The molecule has 0 aliphatic carbocycles. The number of nitrogens with one attached hydrogen (secondary N) is 1. The molecule has 0 aliphatic heterocycles. The van der Waals surface area contributed by atoms with Gasteiger partial charge >= 0.3 is 0 Å². The Morgan fingerprint density at radius 2 is 2.00 bits per heavy atom. The van der Waals surface area contributed by atoms with Gasteiger partial charge in [-0.25, -0.2) is 14.6 Å². The van der Waals surface area contributed by atoms with Crippen LogP contribution in [0.15, 0.2) is 30.7 Å². The van der Waals surface area contributed by atoms with Crippen LogP contribution < -0.4 is 5.32 Å². The van der Waals surface area contributed by atoms with Crippen LogP contribution in [0.2, 0.25) is 0 Å². The van der Waals surface area contributed by atoms with Gasteiger partial charge in [-0.15, -0.1) is 0 Å². The van der Waals surface area contributed by atoms with E-state index in [1.807, 2.05) is 17.8 Å².